The smallest absolute Gasteiger partial charge is 0.336 e. The van der Waals surface area contributed by atoms with Gasteiger partial charge in [0.25, 0.3) is 0 Å². The molecule has 0 unspecified atom stereocenters. The number of carboxylic acid groups (broad SMARTS) is 1. The van der Waals surface area contributed by atoms with Crippen LogP contribution in [0.2, 0.25) is 0 Å². The lowest BCUT2D eigenvalue weighted by molar-refractivity contribution is 0.0696. The van der Waals surface area contributed by atoms with E-state index in [0.29, 0.717) is 18.1 Å². The first kappa shape index (κ1) is 12.3. The quantitative estimate of drug-likeness (QED) is 0.928. The Morgan fingerprint density at radius 3 is 2.50 bits per heavy atom. The number of hydrogen-bond acceptors (Lipinski definition) is 3. The van der Waals surface area contributed by atoms with Crippen LogP contribution >= 0.6 is 0 Å². The fourth-order valence-corrected chi connectivity index (χ4v) is 2.16. The SMILES string of the molecule is O=C(O)c1ccccc1C1=CN(c2ccccc2)CO1. The van der Waals surface area contributed by atoms with Crippen molar-refractivity contribution in [1.82, 2.24) is 0 Å². The maximum Gasteiger partial charge on any atom is 0.336 e. The van der Waals surface area contributed by atoms with Gasteiger partial charge in [-0.05, 0) is 18.2 Å². The van der Waals surface area contributed by atoms with Gasteiger partial charge in [0.1, 0.15) is 5.76 Å². The third-order valence-electron chi connectivity index (χ3n) is 3.14. The Kier molecular flexibility index (Phi) is 3.13. The lowest BCUT2D eigenvalue weighted by Crippen LogP contribution is -2.12. The number of para-hydroxylation sites is 1. The van der Waals surface area contributed by atoms with Crippen molar-refractivity contribution in [2.75, 3.05) is 11.6 Å². The van der Waals surface area contributed by atoms with Crippen molar-refractivity contribution in [3.8, 4) is 0 Å². The molecule has 0 saturated carbocycles. The second-order valence-corrected chi connectivity index (χ2v) is 4.42. The average molecular weight is 267 g/mol. The van der Waals surface area contributed by atoms with Crippen molar-refractivity contribution in [2.24, 2.45) is 0 Å². The minimum absolute atomic E-state index is 0.244. The Balaban J connectivity index is 1.95. The van der Waals surface area contributed by atoms with E-state index < -0.39 is 5.97 Å². The Hall–Kier alpha value is -2.75. The molecule has 2 aromatic carbocycles. The number of ether oxygens (including phenoxy) is 1. The number of carboxylic acids is 1. The van der Waals surface area contributed by atoms with Gasteiger partial charge in [-0.3, -0.25) is 0 Å². The summed E-state index contributed by atoms with van der Waals surface area (Å²) in [6.07, 6.45) is 1.83. The molecule has 4 nitrogen and oxygen atoms in total. The topological polar surface area (TPSA) is 49.8 Å². The molecule has 100 valence electrons. The van der Waals surface area contributed by atoms with Crippen LogP contribution in [0.3, 0.4) is 0 Å². The largest absolute Gasteiger partial charge is 0.478 e. The first-order chi connectivity index (χ1) is 9.75. The van der Waals surface area contributed by atoms with Gasteiger partial charge in [-0.25, -0.2) is 4.79 Å². The zero-order chi connectivity index (χ0) is 13.9. The van der Waals surface area contributed by atoms with Gasteiger partial charge in [0.15, 0.2) is 6.73 Å². The van der Waals surface area contributed by atoms with E-state index in [-0.39, 0.29) is 5.56 Å². The molecule has 0 saturated heterocycles. The van der Waals surface area contributed by atoms with E-state index in [1.807, 2.05) is 41.4 Å². The van der Waals surface area contributed by atoms with Crippen LogP contribution in [0.5, 0.6) is 0 Å². The summed E-state index contributed by atoms with van der Waals surface area (Å²) in [5, 5.41) is 9.21. The fourth-order valence-electron chi connectivity index (χ4n) is 2.16. The molecule has 0 spiro atoms. The number of nitrogens with zero attached hydrogens (tertiary/aromatic N) is 1. The van der Waals surface area contributed by atoms with E-state index in [9.17, 15) is 9.90 Å². The summed E-state index contributed by atoms with van der Waals surface area (Å²) in [5.74, 6) is -0.380. The first-order valence-corrected chi connectivity index (χ1v) is 6.25. The number of rotatable bonds is 3. The van der Waals surface area contributed by atoms with Crippen LogP contribution < -0.4 is 4.90 Å². The molecule has 0 bridgehead atoms. The van der Waals surface area contributed by atoms with Gasteiger partial charge in [-0.1, -0.05) is 36.4 Å². The summed E-state index contributed by atoms with van der Waals surface area (Å²) in [6, 6.07) is 16.6. The molecule has 0 aliphatic carbocycles. The molecule has 0 atom stereocenters. The molecule has 2 aromatic rings. The van der Waals surface area contributed by atoms with Crippen LogP contribution in [0.4, 0.5) is 5.69 Å². The van der Waals surface area contributed by atoms with E-state index >= 15 is 0 Å². The Morgan fingerprint density at radius 1 is 1.05 bits per heavy atom. The molecule has 1 aliphatic heterocycles. The maximum absolute atomic E-state index is 11.2. The maximum atomic E-state index is 11.2. The minimum atomic E-state index is -0.955. The summed E-state index contributed by atoms with van der Waals surface area (Å²) in [7, 11) is 0. The lowest BCUT2D eigenvalue weighted by atomic mass is 10.1. The van der Waals surface area contributed by atoms with Crippen LogP contribution in [0.15, 0.2) is 60.8 Å². The van der Waals surface area contributed by atoms with E-state index in [1.54, 1.807) is 24.3 Å². The summed E-state index contributed by atoms with van der Waals surface area (Å²) in [5.41, 5.74) is 1.85. The highest BCUT2D eigenvalue weighted by Gasteiger charge is 2.20. The second-order valence-electron chi connectivity index (χ2n) is 4.42. The number of anilines is 1. The molecule has 0 fully saturated rings. The van der Waals surface area contributed by atoms with Gasteiger partial charge in [0.05, 0.1) is 11.8 Å². The lowest BCUT2D eigenvalue weighted by Gasteiger charge is -2.12. The number of aromatic carboxylic acids is 1. The highest BCUT2D eigenvalue weighted by molar-refractivity contribution is 5.93. The van der Waals surface area contributed by atoms with Crippen molar-refractivity contribution < 1.29 is 14.6 Å². The molecule has 1 N–H and O–H groups in total. The number of benzene rings is 2. The summed E-state index contributed by atoms with van der Waals surface area (Å²) in [6.45, 7) is 0.382. The van der Waals surface area contributed by atoms with E-state index in [0.717, 1.165) is 5.69 Å². The molecule has 1 heterocycles. The van der Waals surface area contributed by atoms with E-state index in [1.165, 1.54) is 0 Å². The molecular formula is C16H13NO3. The molecule has 1 aliphatic rings. The fraction of sp³-hybridized carbons (Fsp3) is 0.0625. The van der Waals surface area contributed by atoms with Gasteiger partial charge in [0, 0.05) is 11.3 Å². The summed E-state index contributed by atoms with van der Waals surface area (Å²) < 4.78 is 5.62. The number of hydrogen-bond donors (Lipinski definition) is 1. The standard InChI is InChI=1S/C16H13NO3/c18-16(19)14-9-5-4-8-13(14)15-10-17(11-20-15)12-6-2-1-3-7-12/h1-10H,11H2,(H,18,19). The third kappa shape index (κ3) is 2.23. The van der Waals surface area contributed by atoms with Crippen LogP contribution in [-0.4, -0.2) is 17.8 Å². The van der Waals surface area contributed by atoms with Gasteiger partial charge in [-0.15, -0.1) is 0 Å². The van der Waals surface area contributed by atoms with Crippen molar-refractivity contribution >= 4 is 17.4 Å². The second kappa shape index (κ2) is 5.09. The monoisotopic (exact) mass is 267 g/mol. The van der Waals surface area contributed by atoms with Crippen molar-refractivity contribution in [1.29, 1.82) is 0 Å². The van der Waals surface area contributed by atoms with Gasteiger partial charge in [0.2, 0.25) is 0 Å². The number of carbonyl (C=O) groups is 1. The van der Waals surface area contributed by atoms with Gasteiger partial charge < -0.3 is 14.7 Å². The van der Waals surface area contributed by atoms with Crippen LogP contribution in [0.25, 0.3) is 5.76 Å². The zero-order valence-corrected chi connectivity index (χ0v) is 10.7. The van der Waals surface area contributed by atoms with Crippen LogP contribution in [0, 0.1) is 0 Å². The van der Waals surface area contributed by atoms with E-state index in [2.05, 4.69) is 0 Å². The van der Waals surface area contributed by atoms with E-state index in [4.69, 9.17) is 4.74 Å². The molecule has 20 heavy (non-hydrogen) atoms. The average Bonchev–Trinajstić information content (AvgIpc) is 2.98. The highest BCUT2D eigenvalue weighted by Crippen LogP contribution is 2.28. The van der Waals surface area contributed by atoms with Gasteiger partial charge in [-0.2, -0.15) is 0 Å². The van der Waals surface area contributed by atoms with Crippen molar-refractivity contribution in [3.05, 3.63) is 71.9 Å². The summed E-state index contributed by atoms with van der Waals surface area (Å²) in [4.78, 5) is 13.2. The van der Waals surface area contributed by atoms with Crippen LogP contribution in [0.1, 0.15) is 15.9 Å². The highest BCUT2D eigenvalue weighted by atomic mass is 16.5. The Morgan fingerprint density at radius 2 is 1.75 bits per heavy atom. The minimum Gasteiger partial charge on any atom is -0.478 e. The molecule has 0 amide bonds. The van der Waals surface area contributed by atoms with Crippen LogP contribution in [-0.2, 0) is 4.74 Å². The predicted molar refractivity (Wildman–Crippen MR) is 76.3 cm³/mol. The summed E-state index contributed by atoms with van der Waals surface area (Å²) >= 11 is 0. The van der Waals surface area contributed by atoms with Gasteiger partial charge >= 0.3 is 5.97 Å². The molecular weight excluding hydrogens is 254 g/mol. The zero-order valence-electron chi connectivity index (χ0n) is 10.7. The third-order valence-corrected chi connectivity index (χ3v) is 3.14. The Labute approximate surface area is 116 Å². The molecule has 3 rings (SSSR count). The first-order valence-electron chi connectivity index (χ1n) is 6.25. The molecule has 0 radical (unpaired) electrons. The van der Waals surface area contributed by atoms with Crippen molar-refractivity contribution in [3.63, 3.8) is 0 Å². The molecule has 0 aromatic heterocycles. The predicted octanol–water partition coefficient (Wildman–Crippen LogP) is 3.18. The van der Waals surface area contributed by atoms with Crippen molar-refractivity contribution in [2.45, 2.75) is 0 Å². The molecule has 4 heteroatoms. The normalized spacial score (nSPS) is 13.8. The Bertz CT molecular complexity index is 664.